The third-order valence-electron chi connectivity index (χ3n) is 4.58. The summed E-state index contributed by atoms with van der Waals surface area (Å²) >= 11 is 0. The van der Waals surface area contributed by atoms with Crippen molar-refractivity contribution in [3.8, 4) is 0 Å². The molecule has 0 radical (unpaired) electrons. The molecule has 0 aliphatic carbocycles. The molecule has 0 saturated carbocycles. The second kappa shape index (κ2) is 12.6. The highest BCUT2D eigenvalue weighted by Crippen LogP contribution is 2.14. The van der Waals surface area contributed by atoms with E-state index in [1.54, 1.807) is 0 Å². The topological polar surface area (TPSA) is 83.0 Å². The lowest BCUT2D eigenvalue weighted by Crippen LogP contribution is -2.47. The Hall–Kier alpha value is -0.910. The minimum Gasteiger partial charge on any atom is -0.378 e. The third-order valence-corrected chi connectivity index (χ3v) is 5.92. The zero-order valence-electron chi connectivity index (χ0n) is 17.0. The molecule has 2 N–H and O–H groups in total. The largest absolute Gasteiger partial charge is 0.378 e. The molecule has 28 heavy (non-hydrogen) atoms. The molecule has 1 saturated heterocycles. The molecule has 0 atom stereocenters. The van der Waals surface area contributed by atoms with Crippen LogP contribution in [0.5, 0.6) is 0 Å². The smallest absolute Gasteiger partial charge is 0.215 e. The number of likely N-dealkylation sites (tertiary alicyclic amines) is 1. The Morgan fingerprint density at radius 3 is 2.32 bits per heavy atom. The molecule has 1 fully saturated rings. The highest BCUT2D eigenvalue weighted by molar-refractivity contribution is 14.0. The van der Waals surface area contributed by atoms with Gasteiger partial charge in [-0.25, -0.2) is 18.1 Å². The molecule has 0 spiro atoms. The van der Waals surface area contributed by atoms with Crippen molar-refractivity contribution >= 4 is 40.0 Å². The van der Waals surface area contributed by atoms with Gasteiger partial charge in [0.15, 0.2) is 5.96 Å². The summed E-state index contributed by atoms with van der Waals surface area (Å²) in [6, 6.07) is 7.57. The first kappa shape index (κ1) is 25.1. The van der Waals surface area contributed by atoms with Crippen molar-refractivity contribution < 1.29 is 13.2 Å². The maximum absolute atomic E-state index is 11.6. The van der Waals surface area contributed by atoms with Crippen molar-refractivity contribution in [2.45, 2.75) is 45.1 Å². The first-order valence-electron chi connectivity index (χ1n) is 9.61. The Balaban J connectivity index is 0.00000392. The zero-order chi connectivity index (χ0) is 19.7. The van der Waals surface area contributed by atoms with Crippen molar-refractivity contribution in [3.63, 3.8) is 0 Å². The van der Waals surface area contributed by atoms with Crippen LogP contribution in [0.1, 0.15) is 37.8 Å². The maximum Gasteiger partial charge on any atom is 0.215 e. The predicted octanol–water partition coefficient (Wildman–Crippen LogP) is 2.32. The quantitative estimate of drug-likeness (QED) is 0.310. The molecule has 7 nitrogen and oxygen atoms in total. The maximum atomic E-state index is 11.6. The van der Waals surface area contributed by atoms with Crippen LogP contribution in [0.4, 0.5) is 0 Å². The summed E-state index contributed by atoms with van der Waals surface area (Å²) in [5, 5.41) is 3.37. The number of piperidine rings is 1. The Morgan fingerprint density at radius 1 is 1.18 bits per heavy atom. The number of benzene rings is 1. The first-order valence-corrected chi connectivity index (χ1v) is 11.3. The summed E-state index contributed by atoms with van der Waals surface area (Å²) in [6.45, 7) is 8.15. The van der Waals surface area contributed by atoms with Crippen LogP contribution in [0.2, 0.25) is 0 Å². The number of hydrogen-bond donors (Lipinski definition) is 2. The van der Waals surface area contributed by atoms with Crippen LogP contribution in [0.25, 0.3) is 0 Å². The fraction of sp³-hybridized carbons (Fsp3) is 0.632. The molecule has 160 valence electrons. The van der Waals surface area contributed by atoms with E-state index in [-0.39, 0.29) is 29.7 Å². The fourth-order valence-electron chi connectivity index (χ4n) is 3.09. The molecule has 1 aliphatic rings. The van der Waals surface area contributed by atoms with Crippen molar-refractivity contribution in [3.05, 3.63) is 35.4 Å². The minimum absolute atomic E-state index is 0. The SMILES string of the molecule is CCNC(=NCc1ccc(CS(=O)(=O)NC)cc1)N1CCC(OCC)CC1.I. The number of nitrogens with one attached hydrogen (secondary N) is 2. The van der Waals surface area contributed by atoms with E-state index in [1.165, 1.54) is 7.05 Å². The number of sulfonamides is 1. The van der Waals surface area contributed by atoms with Gasteiger partial charge in [0, 0.05) is 26.2 Å². The Kier molecular flexibility index (Phi) is 11.3. The van der Waals surface area contributed by atoms with Gasteiger partial charge in [0.1, 0.15) is 0 Å². The van der Waals surface area contributed by atoms with E-state index in [1.807, 2.05) is 31.2 Å². The van der Waals surface area contributed by atoms with E-state index < -0.39 is 10.0 Å². The summed E-state index contributed by atoms with van der Waals surface area (Å²) in [4.78, 5) is 7.04. The van der Waals surface area contributed by atoms with Gasteiger partial charge in [-0.15, -0.1) is 24.0 Å². The average molecular weight is 524 g/mol. The molecule has 1 aromatic rings. The monoisotopic (exact) mass is 524 g/mol. The van der Waals surface area contributed by atoms with Crippen LogP contribution >= 0.6 is 24.0 Å². The highest BCUT2D eigenvalue weighted by atomic mass is 127. The number of halogens is 1. The number of hydrogen-bond acceptors (Lipinski definition) is 4. The molecular weight excluding hydrogens is 491 g/mol. The Labute approximate surface area is 186 Å². The van der Waals surface area contributed by atoms with Gasteiger partial charge in [-0.1, -0.05) is 24.3 Å². The van der Waals surface area contributed by atoms with Crippen LogP contribution in [-0.4, -0.2) is 58.7 Å². The summed E-state index contributed by atoms with van der Waals surface area (Å²) in [6.07, 6.45) is 2.40. The number of aliphatic imine (C=N–C) groups is 1. The number of ether oxygens (including phenoxy) is 1. The molecule has 9 heteroatoms. The van der Waals surface area contributed by atoms with Gasteiger partial charge < -0.3 is 15.0 Å². The van der Waals surface area contributed by atoms with Gasteiger partial charge in [0.25, 0.3) is 0 Å². The average Bonchev–Trinajstić information content (AvgIpc) is 2.67. The van der Waals surface area contributed by atoms with Gasteiger partial charge >= 0.3 is 0 Å². The normalized spacial score (nSPS) is 16.0. The summed E-state index contributed by atoms with van der Waals surface area (Å²) < 4.78 is 31.3. The van der Waals surface area contributed by atoms with E-state index in [4.69, 9.17) is 9.73 Å². The van der Waals surface area contributed by atoms with E-state index in [0.29, 0.717) is 12.6 Å². The van der Waals surface area contributed by atoms with Gasteiger partial charge in [0.2, 0.25) is 10.0 Å². The molecule has 0 bridgehead atoms. The van der Waals surface area contributed by atoms with E-state index >= 15 is 0 Å². The van der Waals surface area contributed by atoms with Gasteiger partial charge in [-0.2, -0.15) is 0 Å². The van der Waals surface area contributed by atoms with Crippen molar-refractivity contribution in [1.82, 2.24) is 14.9 Å². The first-order chi connectivity index (χ1) is 13.0. The predicted molar refractivity (Wildman–Crippen MR) is 125 cm³/mol. The molecule has 0 aromatic heterocycles. The molecule has 1 aliphatic heterocycles. The van der Waals surface area contributed by atoms with Gasteiger partial charge in [0.05, 0.1) is 18.4 Å². The van der Waals surface area contributed by atoms with Crippen LogP contribution in [-0.2, 0) is 27.1 Å². The van der Waals surface area contributed by atoms with Crippen molar-refractivity contribution in [2.75, 3.05) is 33.3 Å². The lowest BCUT2D eigenvalue weighted by atomic mass is 10.1. The molecule has 1 aromatic carbocycles. The lowest BCUT2D eigenvalue weighted by molar-refractivity contribution is 0.0263. The van der Waals surface area contributed by atoms with Gasteiger partial charge in [-0.05, 0) is 44.9 Å². The fourth-order valence-corrected chi connectivity index (χ4v) is 3.87. The zero-order valence-corrected chi connectivity index (χ0v) is 20.1. The summed E-state index contributed by atoms with van der Waals surface area (Å²) in [5.74, 6) is 0.916. The Morgan fingerprint density at radius 2 is 1.79 bits per heavy atom. The molecular formula is C19H33IN4O3S. The van der Waals surface area contributed by atoms with E-state index in [9.17, 15) is 8.42 Å². The minimum atomic E-state index is -3.25. The third kappa shape index (κ3) is 8.22. The second-order valence-electron chi connectivity index (χ2n) is 6.59. The molecule has 0 unspecified atom stereocenters. The van der Waals surface area contributed by atoms with E-state index in [2.05, 4.69) is 21.9 Å². The molecule has 0 amide bonds. The highest BCUT2D eigenvalue weighted by Gasteiger charge is 2.21. The molecule has 1 heterocycles. The lowest BCUT2D eigenvalue weighted by Gasteiger charge is -2.34. The van der Waals surface area contributed by atoms with Crippen LogP contribution < -0.4 is 10.0 Å². The number of guanidine groups is 1. The van der Waals surface area contributed by atoms with E-state index in [0.717, 1.165) is 56.2 Å². The van der Waals surface area contributed by atoms with Crippen LogP contribution in [0.15, 0.2) is 29.3 Å². The van der Waals surface area contributed by atoms with Crippen molar-refractivity contribution in [1.29, 1.82) is 0 Å². The van der Waals surface area contributed by atoms with Gasteiger partial charge in [-0.3, -0.25) is 0 Å². The number of rotatable bonds is 8. The Bertz CT molecular complexity index is 702. The standard InChI is InChI=1S/C19H32N4O3S.HI/c1-4-21-19(23-12-10-18(11-13-23)26-5-2)22-14-16-6-8-17(9-7-16)15-27(24,25)20-3;/h6-9,18,20H,4-5,10-15H2,1-3H3,(H,21,22);1H. The van der Waals surface area contributed by atoms with Crippen LogP contribution in [0, 0.1) is 0 Å². The van der Waals surface area contributed by atoms with Crippen molar-refractivity contribution in [2.24, 2.45) is 4.99 Å². The number of nitrogens with zero attached hydrogens (tertiary/aromatic N) is 2. The second-order valence-corrected chi connectivity index (χ2v) is 8.52. The summed E-state index contributed by atoms with van der Waals surface area (Å²) in [7, 11) is -1.82. The van der Waals surface area contributed by atoms with Crippen LogP contribution in [0.3, 0.4) is 0 Å². The molecule has 2 rings (SSSR count). The summed E-state index contributed by atoms with van der Waals surface area (Å²) in [5.41, 5.74) is 1.82.